The lowest BCUT2D eigenvalue weighted by atomic mass is 9.53. The summed E-state index contributed by atoms with van der Waals surface area (Å²) >= 11 is 3.40. The highest BCUT2D eigenvalue weighted by Gasteiger charge is 2.55. The Morgan fingerprint density at radius 3 is 1.21 bits per heavy atom. The van der Waals surface area contributed by atoms with Crippen molar-refractivity contribution in [3.63, 3.8) is 0 Å². The number of carbonyl (C=O) groups is 6. The molecule has 5 aliphatic rings. The normalized spacial score (nSPS) is 22.1. The van der Waals surface area contributed by atoms with Gasteiger partial charge in [-0.3, -0.25) is 43.7 Å². The molecule has 5 saturated carbocycles. The van der Waals surface area contributed by atoms with Gasteiger partial charge in [0.15, 0.2) is 15.4 Å². The summed E-state index contributed by atoms with van der Waals surface area (Å²) in [6.45, 7) is 0. The first-order valence-corrected chi connectivity index (χ1v) is 27.2. The topological polar surface area (TPSA) is 348 Å². The summed E-state index contributed by atoms with van der Waals surface area (Å²) in [5.41, 5.74) is 2.71. The Morgan fingerprint density at radius 2 is 0.831 bits per heavy atom. The number of nitrogens with one attached hydrogen (secondary N) is 3. The van der Waals surface area contributed by atoms with Gasteiger partial charge >= 0.3 is 17.9 Å². The monoisotopic (exact) mass is 1090 g/mol. The number of hydrogen-bond acceptors (Lipinski definition) is 18. The maximum absolute atomic E-state index is 13.0. The number of carboxylic acids is 3. The molecule has 6 heterocycles. The highest BCUT2D eigenvalue weighted by atomic mass is 32.1. The van der Waals surface area contributed by atoms with Crippen molar-refractivity contribution >= 4 is 85.0 Å². The third-order valence-electron chi connectivity index (χ3n) is 14.8. The van der Waals surface area contributed by atoms with E-state index in [-0.39, 0.29) is 35.5 Å². The number of amides is 3. The predicted octanol–water partition coefficient (Wildman–Crippen LogP) is 9.25. The second-order valence-electron chi connectivity index (χ2n) is 19.2. The average Bonchev–Trinajstić information content (AvgIpc) is 4.24. The van der Waals surface area contributed by atoms with Crippen LogP contribution in [0.5, 0.6) is 0 Å². The third kappa shape index (κ3) is 12.8. The summed E-state index contributed by atoms with van der Waals surface area (Å²) in [4.78, 5) is 97.8. The van der Waals surface area contributed by atoms with Crippen LogP contribution in [0.1, 0.15) is 105 Å². The Kier molecular flexibility index (Phi) is 17.5. The maximum atomic E-state index is 13.0. The van der Waals surface area contributed by atoms with Crippen molar-refractivity contribution in [2.75, 3.05) is 16.0 Å². The molecule has 2 atom stereocenters. The van der Waals surface area contributed by atoms with Crippen molar-refractivity contribution < 1.29 is 44.1 Å². The van der Waals surface area contributed by atoms with Crippen molar-refractivity contribution in [2.24, 2.45) is 34.5 Å². The first kappa shape index (κ1) is 54.9. The fraction of sp³-hybridized carbons (Fsp3) is 0.377. The number of carbonyl (C=O) groups excluding carboxylic acids is 3. The molecule has 3 amide bonds. The molecule has 0 spiro atoms. The molecule has 2 bridgehead atoms. The van der Waals surface area contributed by atoms with Gasteiger partial charge in [0.2, 0.25) is 17.7 Å². The Labute approximate surface area is 453 Å². The first-order valence-electron chi connectivity index (χ1n) is 24.7. The maximum Gasteiger partial charge on any atom is 0.309 e. The lowest BCUT2D eigenvalue weighted by molar-refractivity contribution is -0.162. The molecule has 0 aliphatic heterocycles. The van der Waals surface area contributed by atoms with Gasteiger partial charge in [-0.25, -0.2) is 15.0 Å². The molecule has 394 valence electrons. The van der Waals surface area contributed by atoms with Crippen molar-refractivity contribution in [3.8, 4) is 52.0 Å². The number of aliphatic carboxylic acids is 3. The van der Waals surface area contributed by atoms with Gasteiger partial charge in [-0.05, 0) is 120 Å². The van der Waals surface area contributed by atoms with E-state index in [1.807, 2.05) is 0 Å². The predicted molar refractivity (Wildman–Crippen MR) is 282 cm³/mol. The van der Waals surface area contributed by atoms with Gasteiger partial charge in [0.1, 0.15) is 49.9 Å². The number of nitriles is 3. The van der Waals surface area contributed by atoms with E-state index in [1.165, 1.54) is 0 Å². The summed E-state index contributed by atoms with van der Waals surface area (Å²) in [6, 6.07) is 16.9. The van der Waals surface area contributed by atoms with Crippen LogP contribution in [-0.4, -0.2) is 80.9 Å². The number of rotatable bonds is 12. The van der Waals surface area contributed by atoms with E-state index in [9.17, 15) is 49.7 Å². The standard InChI is InChI=1S/C19H18N4O3S.2C17H16N4O3S/c20-11-13-14(12-1-9-21-10-2-12)22-17(27-13)23-15(24)18-3-6-19(7-4-18,8-5-18)16(25)26;18-9-13-14(10-5-7-19-8-6-10)20-17(25-13)21-15(22)11-1-3-12(4-2-11)16(23)24;18-9-13-14(10-4-6-19-7-5-10)20-17(25-13)21-15(22)11-2-1-3-12(8-11)16(23)24/h1-2,9-10H,3-8H2,(H,25,26)(H,22,23,24);5-8,11-12H,1-4H2,(H,23,24)(H,20,21,22);4-7,11-12H,1-3,8H2,(H,23,24)(H,20,21,22). The molecule has 11 rings (SSSR count). The van der Waals surface area contributed by atoms with Crippen LogP contribution >= 0.6 is 34.0 Å². The molecule has 21 nitrogen and oxygen atoms in total. The van der Waals surface area contributed by atoms with Gasteiger partial charge < -0.3 is 31.3 Å². The van der Waals surface area contributed by atoms with Gasteiger partial charge in [0.25, 0.3) is 0 Å². The molecule has 6 N–H and O–H groups in total. The van der Waals surface area contributed by atoms with Crippen LogP contribution in [0.15, 0.2) is 73.6 Å². The third-order valence-corrected chi connectivity index (χ3v) is 17.4. The van der Waals surface area contributed by atoms with Crippen molar-refractivity contribution in [3.05, 3.63) is 88.2 Å². The van der Waals surface area contributed by atoms with Crippen molar-refractivity contribution in [1.82, 2.24) is 29.9 Å². The molecular formula is C53H50N12O9S3. The Hall–Kier alpha value is -8.37. The zero-order chi connectivity index (χ0) is 54.7. The molecule has 24 heteroatoms. The molecule has 0 radical (unpaired) electrons. The van der Waals surface area contributed by atoms with Crippen LogP contribution in [0.3, 0.4) is 0 Å². The van der Waals surface area contributed by atoms with E-state index in [1.54, 1.807) is 73.6 Å². The van der Waals surface area contributed by atoms with Crippen LogP contribution < -0.4 is 16.0 Å². The number of nitrogens with zero attached hydrogens (tertiary/aromatic N) is 9. The fourth-order valence-electron chi connectivity index (χ4n) is 10.2. The van der Waals surface area contributed by atoms with E-state index in [4.69, 9.17) is 10.2 Å². The molecule has 77 heavy (non-hydrogen) atoms. The van der Waals surface area contributed by atoms with E-state index in [0.29, 0.717) is 131 Å². The Morgan fingerprint density at radius 1 is 0.481 bits per heavy atom. The number of hydrogen-bond donors (Lipinski definition) is 6. The second-order valence-corrected chi connectivity index (χ2v) is 22.2. The highest BCUT2D eigenvalue weighted by molar-refractivity contribution is 7.17. The molecule has 2 unspecified atom stereocenters. The van der Waals surface area contributed by atoms with Gasteiger partial charge in [-0.2, -0.15) is 15.8 Å². The van der Waals surface area contributed by atoms with E-state index >= 15 is 0 Å². The van der Waals surface area contributed by atoms with E-state index in [0.717, 1.165) is 57.1 Å². The minimum Gasteiger partial charge on any atom is -0.481 e. The smallest absolute Gasteiger partial charge is 0.309 e. The van der Waals surface area contributed by atoms with Crippen LogP contribution in [-0.2, 0) is 28.8 Å². The zero-order valence-electron chi connectivity index (χ0n) is 41.2. The average molecular weight is 1100 g/mol. The largest absolute Gasteiger partial charge is 0.481 e. The van der Waals surface area contributed by atoms with Crippen LogP contribution in [0.2, 0.25) is 0 Å². The van der Waals surface area contributed by atoms with E-state index < -0.39 is 34.7 Å². The number of anilines is 3. The van der Waals surface area contributed by atoms with Crippen LogP contribution in [0.4, 0.5) is 15.4 Å². The number of fused-ring (bicyclic) bond motifs is 3. The Balaban J connectivity index is 0.000000153. The van der Waals surface area contributed by atoms with Crippen LogP contribution in [0, 0.1) is 68.5 Å². The van der Waals surface area contributed by atoms with Gasteiger partial charge in [-0.15, -0.1) is 0 Å². The lowest BCUT2D eigenvalue weighted by Crippen LogP contribution is -2.50. The summed E-state index contributed by atoms with van der Waals surface area (Å²) in [7, 11) is 0. The molecule has 6 aromatic heterocycles. The molecule has 5 aliphatic carbocycles. The Bertz CT molecular complexity index is 3260. The van der Waals surface area contributed by atoms with Gasteiger partial charge in [0, 0.05) is 71.1 Å². The number of carboxylic acid groups (broad SMARTS) is 3. The summed E-state index contributed by atoms with van der Waals surface area (Å²) < 4.78 is 0. The molecule has 6 aromatic rings. The molecule has 0 aromatic carbocycles. The van der Waals surface area contributed by atoms with E-state index in [2.05, 4.69) is 64.1 Å². The first-order chi connectivity index (χ1) is 37.1. The molecule has 0 saturated heterocycles. The number of thiazole rings is 3. The van der Waals surface area contributed by atoms with Crippen molar-refractivity contribution in [2.45, 2.75) is 89.9 Å². The van der Waals surface area contributed by atoms with Gasteiger partial charge in [-0.1, -0.05) is 40.4 Å². The SMILES string of the molecule is N#Cc1sc(NC(=O)C23CCC(C(=O)O)(CC2)CC3)nc1-c1ccncc1.N#Cc1sc(NC(=O)C2CCC(C(=O)O)CC2)nc1-c1ccncc1.N#Cc1sc(NC(=O)C2CCCC(C(=O)O)C2)nc1-c1ccncc1. The molecular weight excluding hydrogens is 1040 g/mol. The minimum absolute atomic E-state index is 0.110. The number of pyridine rings is 3. The minimum atomic E-state index is -0.849. The van der Waals surface area contributed by atoms with Crippen LogP contribution in [0.25, 0.3) is 33.8 Å². The zero-order valence-corrected chi connectivity index (χ0v) is 43.6. The quantitative estimate of drug-likeness (QED) is 0.0664. The summed E-state index contributed by atoms with van der Waals surface area (Å²) in [5.74, 6) is -4.26. The molecule has 5 fully saturated rings. The second kappa shape index (κ2) is 24.5. The summed E-state index contributed by atoms with van der Waals surface area (Å²) in [5, 5.41) is 65.2. The van der Waals surface area contributed by atoms with Crippen molar-refractivity contribution in [1.29, 1.82) is 15.8 Å². The van der Waals surface area contributed by atoms with Gasteiger partial charge in [0.05, 0.1) is 17.3 Å². The summed E-state index contributed by atoms with van der Waals surface area (Å²) in [6.07, 6.45) is 17.6. The fourth-order valence-corrected chi connectivity index (χ4v) is 12.6. The number of aromatic nitrogens is 6. The lowest BCUT2D eigenvalue weighted by Gasteiger charge is -2.50. The highest BCUT2D eigenvalue weighted by Crippen LogP contribution is 2.57.